The van der Waals surface area contributed by atoms with E-state index in [-0.39, 0.29) is 12.2 Å². The van der Waals surface area contributed by atoms with E-state index in [0.717, 1.165) is 6.07 Å². The monoisotopic (exact) mass is 315 g/mol. The molecule has 0 aliphatic heterocycles. The van der Waals surface area contributed by atoms with Crippen LogP contribution in [0.25, 0.3) is 0 Å². The van der Waals surface area contributed by atoms with Crippen LogP contribution in [0.2, 0.25) is 5.02 Å². The lowest BCUT2D eigenvalue weighted by Gasteiger charge is -2.17. The highest BCUT2D eigenvalue weighted by atomic mass is 35.5. The fraction of sp³-hybridized carbons (Fsp3) is 0.200. The van der Waals surface area contributed by atoms with E-state index in [1.54, 1.807) is 24.3 Å². The van der Waals surface area contributed by atoms with Crippen molar-refractivity contribution in [2.45, 2.75) is 12.3 Å². The molecule has 2 aromatic carbocycles. The third-order valence-corrected chi connectivity index (χ3v) is 3.33. The van der Waals surface area contributed by atoms with Crippen LogP contribution < -0.4 is 5.32 Å². The highest BCUT2D eigenvalue weighted by molar-refractivity contribution is 6.31. The molecule has 1 unspecified atom stereocenters. The van der Waals surface area contributed by atoms with Crippen molar-refractivity contribution < 1.29 is 18.3 Å². The Kier molecular flexibility index (Phi) is 4.75. The maximum Gasteiger partial charge on any atom is 0.418 e. The van der Waals surface area contributed by atoms with Gasteiger partial charge in [-0.3, -0.25) is 0 Å². The van der Waals surface area contributed by atoms with Crippen molar-refractivity contribution in [2.24, 2.45) is 0 Å². The molecule has 2 aromatic rings. The summed E-state index contributed by atoms with van der Waals surface area (Å²) in [6.45, 7) is -0.0726. The minimum Gasteiger partial charge on any atom is -0.387 e. The molecular formula is C15H13ClF3NO. The highest BCUT2D eigenvalue weighted by Crippen LogP contribution is 2.35. The molecule has 2 nitrogen and oxygen atoms in total. The molecule has 0 saturated carbocycles. The van der Waals surface area contributed by atoms with Gasteiger partial charge in [0.05, 0.1) is 11.7 Å². The second-order valence-electron chi connectivity index (χ2n) is 4.46. The number of rotatable bonds is 4. The van der Waals surface area contributed by atoms with Gasteiger partial charge >= 0.3 is 6.18 Å². The number of hydrogen-bond donors (Lipinski definition) is 2. The Morgan fingerprint density at radius 3 is 2.33 bits per heavy atom. The summed E-state index contributed by atoms with van der Waals surface area (Å²) in [6, 6.07) is 11.8. The molecule has 2 rings (SSSR count). The van der Waals surface area contributed by atoms with Crippen LogP contribution in [0.3, 0.4) is 0 Å². The van der Waals surface area contributed by atoms with Crippen molar-refractivity contribution >= 4 is 17.3 Å². The van der Waals surface area contributed by atoms with Crippen molar-refractivity contribution in [3.05, 3.63) is 64.7 Å². The largest absolute Gasteiger partial charge is 0.418 e. The number of nitrogens with one attached hydrogen (secondary N) is 1. The fourth-order valence-electron chi connectivity index (χ4n) is 1.95. The van der Waals surface area contributed by atoms with Gasteiger partial charge < -0.3 is 10.4 Å². The minimum atomic E-state index is -4.45. The molecule has 0 radical (unpaired) electrons. The van der Waals surface area contributed by atoms with E-state index in [2.05, 4.69) is 5.32 Å². The van der Waals surface area contributed by atoms with Gasteiger partial charge in [-0.25, -0.2) is 0 Å². The van der Waals surface area contributed by atoms with E-state index in [4.69, 9.17) is 11.6 Å². The number of alkyl halides is 3. The number of benzene rings is 2. The summed E-state index contributed by atoms with van der Waals surface area (Å²) in [4.78, 5) is 0. The van der Waals surface area contributed by atoms with E-state index in [0.29, 0.717) is 10.6 Å². The maximum atomic E-state index is 12.8. The lowest BCUT2D eigenvalue weighted by atomic mass is 10.1. The quantitative estimate of drug-likeness (QED) is 0.870. The average Bonchev–Trinajstić information content (AvgIpc) is 2.44. The SMILES string of the molecule is OC(CNc1ccccc1C(F)(F)F)c1ccccc1Cl. The molecule has 21 heavy (non-hydrogen) atoms. The van der Waals surface area contributed by atoms with Gasteiger partial charge in [0.1, 0.15) is 0 Å². The third-order valence-electron chi connectivity index (χ3n) is 2.98. The van der Waals surface area contributed by atoms with Crippen LogP contribution in [-0.2, 0) is 6.18 Å². The fourth-order valence-corrected chi connectivity index (χ4v) is 2.21. The average molecular weight is 316 g/mol. The summed E-state index contributed by atoms with van der Waals surface area (Å²) in [5.74, 6) is 0. The Labute approximate surface area is 125 Å². The molecule has 112 valence electrons. The first-order valence-corrected chi connectivity index (χ1v) is 6.60. The van der Waals surface area contributed by atoms with Crippen molar-refractivity contribution in [3.63, 3.8) is 0 Å². The molecule has 2 N–H and O–H groups in total. The molecule has 0 aliphatic carbocycles. The van der Waals surface area contributed by atoms with Gasteiger partial charge in [0.2, 0.25) is 0 Å². The van der Waals surface area contributed by atoms with E-state index in [1.807, 2.05) is 0 Å². The molecule has 0 fully saturated rings. The number of hydrogen-bond acceptors (Lipinski definition) is 2. The second kappa shape index (κ2) is 6.37. The van der Waals surface area contributed by atoms with Crippen LogP contribution in [0, 0.1) is 0 Å². The van der Waals surface area contributed by atoms with E-state index in [1.165, 1.54) is 18.2 Å². The number of anilines is 1. The van der Waals surface area contributed by atoms with Crippen molar-refractivity contribution in [2.75, 3.05) is 11.9 Å². The summed E-state index contributed by atoms with van der Waals surface area (Å²) in [5, 5.41) is 13.0. The Morgan fingerprint density at radius 2 is 1.67 bits per heavy atom. The molecular weight excluding hydrogens is 303 g/mol. The van der Waals surface area contributed by atoms with Gasteiger partial charge in [0.15, 0.2) is 0 Å². The Bertz CT molecular complexity index is 616. The molecule has 0 aliphatic rings. The van der Waals surface area contributed by atoms with Crippen molar-refractivity contribution in [1.82, 2.24) is 0 Å². The highest BCUT2D eigenvalue weighted by Gasteiger charge is 2.33. The lowest BCUT2D eigenvalue weighted by molar-refractivity contribution is -0.137. The molecule has 0 spiro atoms. The zero-order valence-electron chi connectivity index (χ0n) is 10.9. The normalized spacial score (nSPS) is 13.0. The smallest absolute Gasteiger partial charge is 0.387 e. The summed E-state index contributed by atoms with van der Waals surface area (Å²) >= 11 is 5.94. The molecule has 0 bridgehead atoms. The van der Waals surface area contributed by atoms with E-state index in [9.17, 15) is 18.3 Å². The Hall–Kier alpha value is -1.72. The number of halogens is 4. The Morgan fingerprint density at radius 1 is 1.05 bits per heavy atom. The van der Waals surface area contributed by atoms with Crippen LogP contribution in [-0.4, -0.2) is 11.7 Å². The van der Waals surface area contributed by atoms with Gasteiger partial charge in [-0.2, -0.15) is 13.2 Å². The third kappa shape index (κ3) is 3.89. The zero-order chi connectivity index (χ0) is 15.5. The van der Waals surface area contributed by atoms with Crippen molar-refractivity contribution in [1.29, 1.82) is 0 Å². The first kappa shape index (κ1) is 15.7. The molecule has 6 heteroatoms. The molecule has 1 atom stereocenters. The van der Waals surface area contributed by atoms with Crippen LogP contribution in [0.1, 0.15) is 17.2 Å². The number of aliphatic hydroxyl groups excluding tert-OH is 1. The van der Waals surface area contributed by atoms with E-state index >= 15 is 0 Å². The van der Waals surface area contributed by atoms with E-state index < -0.39 is 17.8 Å². The number of aliphatic hydroxyl groups is 1. The second-order valence-corrected chi connectivity index (χ2v) is 4.87. The van der Waals surface area contributed by atoms with Gasteiger partial charge in [0.25, 0.3) is 0 Å². The first-order chi connectivity index (χ1) is 9.89. The standard InChI is InChI=1S/C15H13ClF3NO/c16-12-7-3-1-5-10(12)14(21)9-20-13-8-4-2-6-11(13)15(17,18)19/h1-8,14,20-21H,9H2. The predicted octanol–water partition coefficient (Wildman–Crippen LogP) is 4.50. The summed E-state index contributed by atoms with van der Waals surface area (Å²) < 4.78 is 38.5. The lowest BCUT2D eigenvalue weighted by Crippen LogP contribution is -2.16. The first-order valence-electron chi connectivity index (χ1n) is 6.22. The maximum absolute atomic E-state index is 12.8. The van der Waals surface area contributed by atoms with Gasteiger partial charge in [0, 0.05) is 22.8 Å². The molecule has 0 amide bonds. The minimum absolute atomic E-state index is 0.0726. The van der Waals surface area contributed by atoms with Crippen LogP contribution in [0.15, 0.2) is 48.5 Å². The number of para-hydroxylation sites is 1. The summed E-state index contributed by atoms with van der Waals surface area (Å²) in [5.41, 5.74) is -0.372. The Balaban J connectivity index is 2.12. The van der Waals surface area contributed by atoms with Crippen LogP contribution >= 0.6 is 11.6 Å². The van der Waals surface area contributed by atoms with Gasteiger partial charge in [-0.15, -0.1) is 0 Å². The van der Waals surface area contributed by atoms with Gasteiger partial charge in [-0.05, 0) is 18.2 Å². The van der Waals surface area contributed by atoms with Crippen molar-refractivity contribution in [3.8, 4) is 0 Å². The topological polar surface area (TPSA) is 32.3 Å². The summed E-state index contributed by atoms with van der Waals surface area (Å²) in [6.07, 6.45) is -5.45. The van der Waals surface area contributed by atoms with Gasteiger partial charge in [-0.1, -0.05) is 41.9 Å². The predicted molar refractivity (Wildman–Crippen MR) is 76.3 cm³/mol. The zero-order valence-corrected chi connectivity index (χ0v) is 11.6. The molecule has 0 heterocycles. The van der Waals surface area contributed by atoms with Crippen LogP contribution in [0.4, 0.5) is 18.9 Å². The summed E-state index contributed by atoms with van der Waals surface area (Å²) in [7, 11) is 0. The van der Waals surface area contributed by atoms with Crippen LogP contribution in [0.5, 0.6) is 0 Å². The molecule has 0 aromatic heterocycles. The molecule has 0 saturated heterocycles.